The lowest BCUT2D eigenvalue weighted by Crippen LogP contribution is -2.45. The van der Waals surface area contributed by atoms with Gasteiger partial charge in [0.2, 0.25) is 0 Å². The number of hydrogen-bond donors (Lipinski definition) is 0. The van der Waals surface area contributed by atoms with E-state index in [2.05, 4.69) is 59.9 Å². The minimum Gasteiger partial charge on any atom is -0.492 e. The van der Waals surface area contributed by atoms with Crippen LogP contribution in [-0.2, 0) is 6.54 Å². The Morgan fingerprint density at radius 1 is 1.04 bits per heavy atom. The minimum absolute atomic E-state index is 0.785. The first-order valence-corrected chi connectivity index (χ1v) is 10.5. The van der Waals surface area contributed by atoms with Gasteiger partial charge in [-0.2, -0.15) is 0 Å². The summed E-state index contributed by atoms with van der Waals surface area (Å²) in [5, 5.41) is 0. The molecule has 0 aliphatic carbocycles. The number of likely N-dealkylation sites (tertiary alicyclic amines) is 1. The molecule has 26 heavy (non-hydrogen) atoms. The molecule has 1 aromatic rings. The number of piperidine rings is 1. The van der Waals surface area contributed by atoms with Crippen LogP contribution in [0.3, 0.4) is 0 Å². The molecule has 0 spiro atoms. The fourth-order valence-corrected chi connectivity index (χ4v) is 4.15. The molecule has 0 N–H and O–H groups in total. The molecule has 1 atom stereocenters. The third kappa shape index (κ3) is 5.70. The summed E-state index contributed by atoms with van der Waals surface area (Å²) in [6.07, 6.45) is 2.71. The summed E-state index contributed by atoms with van der Waals surface area (Å²) in [4.78, 5) is 7.53. The zero-order chi connectivity index (χ0) is 18.4. The van der Waals surface area contributed by atoms with Crippen molar-refractivity contribution in [3.8, 4) is 5.75 Å². The summed E-state index contributed by atoms with van der Waals surface area (Å²) < 4.78 is 6.20. The molecule has 0 aromatic heterocycles. The zero-order valence-corrected chi connectivity index (χ0v) is 17.0. The summed E-state index contributed by atoms with van der Waals surface area (Å²) >= 11 is 0. The molecule has 4 heteroatoms. The molecule has 1 unspecified atom stereocenters. The Morgan fingerprint density at radius 2 is 1.81 bits per heavy atom. The molecule has 0 radical (unpaired) electrons. The van der Waals surface area contributed by atoms with E-state index in [0.29, 0.717) is 0 Å². The van der Waals surface area contributed by atoms with Gasteiger partial charge in [-0.1, -0.05) is 32.0 Å². The van der Waals surface area contributed by atoms with E-state index in [0.717, 1.165) is 50.4 Å². The molecule has 0 bridgehead atoms. The van der Waals surface area contributed by atoms with Crippen molar-refractivity contribution in [1.29, 1.82) is 0 Å². The first-order chi connectivity index (χ1) is 12.6. The fraction of sp³-hybridized carbons (Fsp3) is 0.727. The zero-order valence-electron chi connectivity index (χ0n) is 17.0. The molecule has 1 aromatic carbocycles. The largest absolute Gasteiger partial charge is 0.492 e. The summed E-state index contributed by atoms with van der Waals surface area (Å²) in [6.45, 7) is 14.7. The Hall–Kier alpha value is -1.10. The molecule has 2 aliphatic rings. The van der Waals surface area contributed by atoms with E-state index in [1.165, 1.54) is 44.6 Å². The van der Waals surface area contributed by atoms with Crippen molar-refractivity contribution in [3.63, 3.8) is 0 Å². The molecule has 3 rings (SSSR count). The van der Waals surface area contributed by atoms with E-state index < -0.39 is 0 Å². The summed E-state index contributed by atoms with van der Waals surface area (Å²) in [7, 11) is 2.20. The fourth-order valence-electron chi connectivity index (χ4n) is 4.15. The Labute approximate surface area is 160 Å². The van der Waals surface area contributed by atoms with Crippen LogP contribution in [0.15, 0.2) is 24.3 Å². The van der Waals surface area contributed by atoms with E-state index in [-0.39, 0.29) is 0 Å². The third-order valence-corrected chi connectivity index (χ3v) is 6.11. The molecule has 2 saturated heterocycles. The lowest BCUT2D eigenvalue weighted by molar-refractivity contribution is 0.129. The highest BCUT2D eigenvalue weighted by Gasteiger charge is 2.23. The van der Waals surface area contributed by atoms with Gasteiger partial charge in [0, 0.05) is 51.4 Å². The monoisotopic (exact) mass is 359 g/mol. The SMILES string of the molecule is CC(C)C1CCCN(Cc2ccccc2OCCN2CCN(C)CC2)C1. The van der Waals surface area contributed by atoms with E-state index in [1.54, 1.807) is 0 Å². The van der Waals surface area contributed by atoms with E-state index in [4.69, 9.17) is 4.74 Å². The number of benzene rings is 1. The Balaban J connectivity index is 1.49. The van der Waals surface area contributed by atoms with Crippen molar-refractivity contribution in [1.82, 2.24) is 14.7 Å². The van der Waals surface area contributed by atoms with Gasteiger partial charge in [0.05, 0.1) is 0 Å². The van der Waals surface area contributed by atoms with Crippen LogP contribution in [0.2, 0.25) is 0 Å². The first-order valence-electron chi connectivity index (χ1n) is 10.5. The van der Waals surface area contributed by atoms with Crippen molar-refractivity contribution in [2.75, 3.05) is 59.5 Å². The van der Waals surface area contributed by atoms with Gasteiger partial charge < -0.3 is 9.64 Å². The summed E-state index contributed by atoms with van der Waals surface area (Å²) in [6, 6.07) is 8.63. The Kier molecular flexibility index (Phi) is 7.35. The topological polar surface area (TPSA) is 19.0 Å². The lowest BCUT2D eigenvalue weighted by Gasteiger charge is -2.35. The Morgan fingerprint density at radius 3 is 2.58 bits per heavy atom. The van der Waals surface area contributed by atoms with E-state index in [9.17, 15) is 0 Å². The molecule has 2 heterocycles. The maximum Gasteiger partial charge on any atom is 0.123 e. The molecular weight excluding hydrogens is 322 g/mol. The van der Waals surface area contributed by atoms with Gasteiger partial charge >= 0.3 is 0 Å². The molecule has 0 amide bonds. The smallest absolute Gasteiger partial charge is 0.123 e. The predicted molar refractivity (Wildman–Crippen MR) is 109 cm³/mol. The van der Waals surface area contributed by atoms with Crippen LogP contribution in [0.25, 0.3) is 0 Å². The summed E-state index contributed by atoms with van der Waals surface area (Å²) in [5.41, 5.74) is 1.34. The van der Waals surface area contributed by atoms with Crippen LogP contribution in [-0.4, -0.2) is 74.2 Å². The van der Waals surface area contributed by atoms with Crippen molar-refractivity contribution in [2.45, 2.75) is 33.2 Å². The predicted octanol–water partition coefficient (Wildman–Crippen LogP) is 3.18. The number of ether oxygens (including phenoxy) is 1. The number of piperazine rings is 1. The van der Waals surface area contributed by atoms with Crippen LogP contribution in [0.1, 0.15) is 32.3 Å². The molecule has 2 fully saturated rings. The standard InChI is InChI=1S/C22H37N3O/c1-19(2)20-8-6-10-25(17-20)18-21-7-4-5-9-22(21)26-16-15-24-13-11-23(3)12-14-24/h4-5,7,9,19-20H,6,8,10-18H2,1-3H3. The molecule has 146 valence electrons. The number of likely N-dealkylation sites (N-methyl/N-ethyl adjacent to an activating group) is 1. The molecular formula is C22H37N3O. The second-order valence-corrected chi connectivity index (χ2v) is 8.48. The van der Waals surface area contributed by atoms with Crippen molar-refractivity contribution in [2.24, 2.45) is 11.8 Å². The second-order valence-electron chi connectivity index (χ2n) is 8.48. The molecule has 2 aliphatic heterocycles. The maximum atomic E-state index is 6.20. The highest BCUT2D eigenvalue weighted by Crippen LogP contribution is 2.27. The van der Waals surface area contributed by atoms with Gasteiger partial charge in [-0.25, -0.2) is 0 Å². The van der Waals surface area contributed by atoms with Crippen LogP contribution in [0.4, 0.5) is 0 Å². The average molecular weight is 360 g/mol. The van der Waals surface area contributed by atoms with E-state index in [1.807, 2.05) is 0 Å². The van der Waals surface area contributed by atoms with Gasteiger partial charge in [-0.15, -0.1) is 0 Å². The van der Waals surface area contributed by atoms with Gasteiger partial charge in [-0.05, 0) is 44.3 Å². The van der Waals surface area contributed by atoms with Crippen LogP contribution < -0.4 is 4.74 Å². The number of nitrogens with zero attached hydrogens (tertiary/aromatic N) is 3. The van der Waals surface area contributed by atoms with Gasteiger partial charge in [0.15, 0.2) is 0 Å². The molecule has 0 saturated carbocycles. The number of rotatable bonds is 7. The van der Waals surface area contributed by atoms with Gasteiger partial charge in [-0.3, -0.25) is 9.80 Å². The van der Waals surface area contributed by atoms with E-state index >= 15 is 0 Å². The van der Waals surface area contributed by atoms with Crippen LogP contribution >= 0.6 is 0 Å². The highest BCUT2D eigenvalue weighted by atomic mass is 16.5. The Bertz CT molecular complexity index is 540. The molecule has 4 nitrogen and oxygen atoms in total. The summed E-state index contributed by atoms with van der Waals surface area (Å²) in [5.74, 6) is 2.70. The van der Waals surface area contributed by atoms with Crippen LogP contribution in [0, 0.1) is 11.8 Å². The first kappa shape index (κ1) is 19.7. The van der Waals surface area contributed by atoms with Gasteiger partial charge in [0.25, 0.3) is 0 Å². The maximum absolute atomic E-state index is 6.20. The average Bonchev–Trinajstić information content (AvgIpc) is 2.65. The highest BCUT2D eigenvalue weighted by molar-refractivity contribution is 5.33. The lowest BCUT2D eigenvalue weighted by atomic mass is 9.88. The van der Waals surface area contributed by atoms with Crippen molar-refractivity contribution < 1.29 is 4.74 Å². The quantitative estimate of drug-likeness (QED) is 0.744. The number of hydrogen-bond acceptors (Lipinski definition) is 4. The van der Waals surface area contributed by atoms with Crippen molar-refractivity contribution in [3.05, 3.63) is 29.8 Å². The number of para-hydroxylation sites is 1. The van der Waals surface area contributed by atoms with Crippen LogP contribution in [0.5, 0.6) is 5.75 Å². The normalized spacial score (nSPS) is 23.5. The van der Waals surface area contributed by atoms with Crippen molar-refractivity contribution >= 4 is 0 Å². The third-order valence-electron chi connectivity index (χ3n) is 6.11. The minimum atomic E-state index is 0.785. The van der Waals surface area contributed by atoms with Gasteiger partial charge in [0.1, 0.15) is 12.4 Å². The second kappa shape index (κ2) is 9.72.